The molecular weight excluding hydrogens is 384 g/mol. The van der Waals surface area contributed by atoms with E-state index in [1.54, 1.807) is 0 Å². The topological polar surface area (TPSA) is 38.5 Å². The highest BCUT2D eigenvalue weighted by Crippen LogP contribution is 2.34. The second kappa shape index (κ2) is 8.31. The molecule has 1 aliphatic heterocycles. The first-order chi connectivity index (χ1) is 15.2. The third-order valence-electron chi connectivity index (χ3n) is 5.89. The van der Waals surface area contributed by atoms with Crippen molar-refractivity contribution in [3.8, 4) is 17.2 Å². The van der Waals surface area contributed by atoms with E-state index in [1.807, 2.05) is 49.4 Å². The number of aryl methyl sites for hydroxylation is 1. The molecule has 0 aliphatic carbocycles. The Bertz CT molecular complexity index is 1180. The van der Waals surface area contributed by atoms with Crippen LogP contribution in [0.15, 0.2) is 83.3 Å². The summed E-state index contributed by atoms with van der Waals surface area (Å²) in [5, 5.41) is 0. The SMILES string of the molecule is Cc1oc(-c2cccc(OCc3ccccc3)c2)nc1CN1c2ccccc2CC1C. The van der Waals surface area contributed by atoms with Crippen LogP contribution < -0.4 is 9.64 Å². The number of para-hydroxylation sites is 1. The predicted octanol–water partition coefficient (Wildman–Crippen LogP) is 6.18. The highest BCUT2D eigenvalue weighted by molar-refractivity contribution is 5.60. The van der Waals surface area contributed by atoms with Crippen molar-refractivity contribution in [2.45, 2.75) is 39.5 Å². The van der Waals surface area contributed by atoms with Crippen LogP contribution in [-0.2, 0) is 19.6 Å². The largest absolute Gasteiger partial charge is 0.489 e. The molecule has 0 fully saturated rings. The quantitative estimate of drug-likeness (QED) is 0.380. The number of fused-ring (bicyclic) bond motifs is 1. The molecule has 0 bridgehead atoms. The molecule has 4 heteroatoms. The van der Waals surface area contributed by atoms with Crippen molar-refractivity contribution in [2.24, 2.45) is 0 Å². The summed E-state index contributed by atoms with van der Waals surface area (Å²) in [6.07, 6.45) is 1.07. The number of hydrogen-bond acceptors (Lipinski definition) is 4. The lowest BCUT2D eigenvalue weighted by atomic mass is 10.1. The normalized spacial score (nSPS) is 15.2. The van der Waals surface area contributed by atoms with Crippen molar-refractivity contribution in [1.82, 2.24) is 4.98 Å². The lowest BCUT2D eigenvalue weighted by Crippen LogP contribution is -2.29. The minimum absolute atomic E-state index is 0.451. The molecule has 5 rings (SSSR count). The summed E-state index contributed by atoms with van der Waals surface area (Å²) in [4.78, 5) is 7.27. The molecule has 31 heavy (non-hydrogen) atoms. The van der Waals surface area contributed by atoms with E-state index in [0.29, 0.717) is 18.5 Å². The number of rotatable bonds is 6. The molecule has 0 radical (unpaired) electrons. The van der Waals surface area contributed by atoms with E-state index in [1.165, 1.54) is 11.3 Å². The Morgan fingerprint density at radius 2 is 1.81 bits per heavy atom. The lowest BCUT2D eigenvalue weighted by Gasteiger charge is -2.24. The van der Waals surface area contributed by atoms with Crippen LogP contribution in [0.3, 0.4) is 0 Å². The van der Waals surface area contributed by atoms with Crippen LogP contribution in [0.4, 0.5) is 5.69 Å². The molecule has 4 aromatic rings. The maximum atomic E-state index is 6.06. The Morgan fingerprint density at radius 3 is 2.68 bits per heavy atom. The molecular formula is C27H26N2O2. The van der Waals surface area contributed by atoms with Crippen LogP contribution in [0.1, 0.15) is 29.5 Å². The van der Waals surface area contributed by atoms with Crippen molar-refractivity contribution < 1.29 is 9.15 Å². The Balaban J connectivity index is 1.34. The highest BCUT2D eigenvalue weighted by atomic mass is 16.5. The van der Waals surface area contributed by atoms with Crippen LogP contribution in [0.5, 0.6) is 5.75 Å². The number of hydrogen-bond donors (Lipinski definition) is 0. The Morgan fingerprint density at radius 1 is 1.00 bits per heavy atom. The summed E-state index contributed by atoms with van der Waals surface area (Å²) >= 11 is 0. The van der Waals surface area contributed by atoms with Crippen LogP contribution in [0.25, 0.3) is 11.5 Å². The summed E-state index contributed by atoms with van der Waals surface area (Å²) in [6, 6.07) is 27.2. The minimum Gasteiger partial charge on any atom is -0.489 e. The molecule has 1 aliphatic rings. The zero-order valence-corrected chi connectivity index (χ0v) is 17.9. The molecule has 2 heterocycles. The average molecular weight is 411 g/mol. The molecule has 0 saturated heterocycles. The van der Waals surface area contributed by atoms with Gasteiger partial charge in [-0.1, -0.05) is 54.6 Å². The average Bonchev–Trinajstić information content (AvgIpc) is 3.33. The monoisotopic (exact) mass is 410 g/mol. The number of anilines is 1. The minimum atomic E-state index is 0.451. The van der Waals surface area contributed by atoms with Crippen LogP contribution in [0, 0.1) is 6.92 Å². The number of benzene rings is 3. The second-order valence-corrected chi connectivity index (χ2v) is 8.13. The van der Waals surface area contributed by atoms with E-state index in [0.717, 1.165) is 41.3 Å². The summed E-state index contributed by atoms with van der Waals surface area (Å²) in [7, 11) is 0. The molecule has 1 atom stereocenters. The first-order valence-corrected chi connectivity index (χ1v) is 10.8. The summed E-state index contributed by atoms with van der Waals surface area (Å²) in [5.74, 6) is 2.31. The number of ether oxygens (including phenoxy) is 1. The zero-order valence-electron chi connectivity index (χ0n) is 17.9. The van der Waals surface area contributed by atoms with Gasteiger partial charge in [-0.15, -0.1) is 0 Å². The van der Waals surface area contributed by atoms with Gasteiger partial charge < -0.3 is 14.1 Å². The number of aromatic nitrogens is 1. The smallest absolute Gasteiger partial charge is 0.226 e. The third-order valence-corrected chi connectivity index (χ3v) is 5.89. The summed E-state index contributed by atoms with van der Waals surface area (Å²) in [5.41, 5.74) is 5.75. The van der Waals surface area contributed by atoms with Crippen molar-refractivity contribution >= 4 is 5.69 Å². The van der Waals surface area contributed by atoms with E-state index < -0.39 is 0 Å². The first kappa shape index (κ1) is 19.4. The van der Waals surface area contributed by atoms with Crippen molar-refractivity contribution in [3.63, 3.8) is 0 Å². The molecule has 0 N–H and O–H groups in total. The van der Waals surface area contributed by atoms with Gasteiger partial charge in [0.15, 0.2) is 0 Å². The fourth-order valence-electron chi connectivity index (χ4n) is 4.19. The molecule has 156 valence electrons. The van der Waals surface area contributed by atoms with E-state index in [4.69, 9.17) is 14.1 Å². The van der Waals surface area contributed by atoms with Gasteiger partial charge in [-0.2, -0.15) is 0 Å². The van der Waals surface area contributed by atoms with Crippen molar-refractivity contribution in [1.29, 1.82) is 0 Å². The van der Waals surface area contributed by atoms with E-state index in [9.17, 15) is 0 Å². The van der Waals surface area contributed by atoms with Gasteiger partial charge in [0.25, 0.3) is 0 Å². The fourth-order valence-corrected chi connectivity index (χ4v) is 4.19. The van der Waals surface area contributed by atoms with Gasteiger partial charge in [0.2, 0.25) is 5.89 Å². The Kier molecular flexibility index (Phi) is 5.21. The molecule has 1 aromatic heterocycles. The molecule has 3 aromatic carbocycles. The molecule has 0 spiro atoms. The van der Waals surface area contributed by atoms with E-state index >= 15 is 0 Å². The van der Waals surface area contributed by atoms with Gasteiger partial charge in [0.05, 0.1) is 6.54 Å². The lowest BCUT2D eigenvalue weighted by molar-refractivity contribution is 0.306. The fraction of sp³-hybridized carbons (Fsp3) is 0.222. The van der Waals surface area contributed by atoms with Gasteiger partial charge in [0, 0.05) is 17.3 Å². The summed E-state index contributed by atoms with van der Waals surface area (Å²) < 4.78 is 12.0. The Hall–Kier alpha value is -3.53. The van der Waals surface area contributed by atoms with E-state index in [2.05, 4.69) is 48.2 Å². The molecule has 1 unspecified atom stereocenters. The second-order valence-electron chi connectivity index (χ2n) is 8.13. The van der Waals surface area contributed by atoms with Gasteiger partial charge in [-0.25, -0.2) is 4.98 Å². The maximum Gasteiger partial charge on any atom is 0.226 e. The van der Waals surface area contributed by atoms with Crippen LogP contribution >= 0.6 is 0 Å². The van der Waals surface area contributed by atoms with Crippen LogP contribution in [-0.4, -0.2) is 11.0 Å². The first-order valence-electron chi connectivity index (χ1n) is 10.8. The zero-order chi connectivity index (χ0) is 21.2. The number of nitrogens with zero attached hydrogens (tertiary/aromatic N) is 2. The van der Waals surface area contributed by atoms with Crippen molar-refractivity contribution in [3.05, 3.63) is 101 Å². The third kappa shape index (κ3) is 4.06. The number of oxazole rings is 1. The molecule has 0 amide bonds. The predicted molar refractivity (Wildman–Crippen MR) is 123 cm³/mol. The van der Waals surface area contributed by atoms with Gasteiger partial charge in [-0.3, -0.25) is 0 Å². The van der Waals surface area contributed by atoms with E-state index in [-0.39, 0.29) is 0 Å². The van der Waals surface area contributed by atoms with Crippen molar-refractivity contribution in [2.75, 3.05) is 4.90 Å². The van der Waals surface area contributed by atoms with Gasteiger partial charge >= 0.3 is 0 Å². The molecule has 4 nitrogen and oxygen atoms in total. The summed E-state index contributed by atoms with van der Waals surface area (Å²) in [6.45, 7) is 5.54. The van der Waals surface area contributed by atoms with Gasteiger partial charge in [-0.05, 0) is 55.7 Å². The molecule has 0 saturated carbocycles. The maximum absolute atomic E-state index is 6.06. The Labute approximate surface area is 183 Å². The highest BCUT2D eigenvalue weighted by Gasteiger charge is 2.27. The van der Waals surface area contributed by atoms with Gasteiger partial charge in [0.1, 0.15) is 23.8 Å². The standard InChI is InChI=1S/C27H26N2O2/c1-19-15-22-11-6-7-14-26(22)29(19)17-25-20(2)31-27(28-25)23-12-8-13-24(16-23)30-18-21-9-4-3-5-10-21/h3-14,16,19H,15,17-18H2,1-2H3. The van der Waals surface area contributed by atoms with Crippen LogP contribution in [0.2, 0.25) is 0 Å².